The third kappa shape index (κ3) is 2.85. The Bertz CT molecular complexity index is 709. The van der Waals surface area contributed by atoms with Crippen LogP contribution in [0.15, 0.2) is 21.5 Å². The first kappa shape index (κ1) is 15.3. The molecule has 3 rings (SSSR count). The number of aryl methyl sites for hydroxylation is 1. The molecule has 1 aromatic rings. The summed E-state index contributed by atoms with van der Waals surface area (Å²) in [6.45, 7) is 1.66. The summed E-state index contributed by atoms with van der Waals surface area (Å²) in [4.78, 5) is 12.3. The Labute approximate surface area is 136 Å². The van der Waals surface area contributed by atoms with Crippen LogP contribution in [0.25, 0.3) is 0 Å². The first-order chi connectivity index (χ1) is 9.79. The molecule has 0 radical (unpaired) electrons. The zero-order chi connectivity index (χ0) is 15.4. The van der Waals surface area contributed by atoms with Gasteiger partial charge in [0, 0.05) is 21.1 Å². The van der Waals surface area contributed by atoms with Crippen molar-refractivity contribution in [3.8, 4) is 0 Å². The Morgan fingerprint density at radius 3 is 2.52 bits per heavy atom. The van der Waals surface area contributed by atoms with Gasteiger partial charge in [0.2, 0.25) is 5.91 Å². The van der Waals surface area contributed by atoms with Crippen molar-refractivity contribution in [3.05, 3.63) is 22.2 Å². The lowest BCUT2D eigenvalue weighted by atomic mass is 10.1. The van der Waals surface area contributed by atoms with E-state index in [9.17, 15) is 13.2 Å². The van der Waals surface area contributed by atoms with Crippen molar-refractivity contribution in [3.63, 3.8) is 0 Å². The maximum absolute atomic E-state index is 12.3. The van der Waals surface area contributed by atoms with E-state index >= 15 is 0 Å². The number of benzene rings is 1. The maximum Gasteiger partial charge on any atom is 0.261 e. The smallest absolute Gasteiger partial charge is 0.261 e. The molecule has 114 valence electrons. The van der Waals surface area contributed by atoms with Crippen molar-refractivity contribution in [1.82, 2.24) is 0 Å². The number of rotatable bonds is 3. The van der Waals surface area contributed by atoms with Crippen LogP contribution in [0.5, 0.6) is 0 Å². The minimum absolute atomic E-state index is 0.0336. The molecule has 2 atom stereocenters. The van der Waals surface area contributed by atoms with Gasteiger partial charge in [-0.2, -0.15) is 0 Å². The Morgan fingerprint density at radius 1 is 1.33 bits per heavy atom. The highest BCUT2D eigenvalue weighted by atomic mass is 79.9. The number of nitrogens with one attached hydrogen (secondary N) is 1. The second-order valence-electron chi connectivity index (χ2n) is 5.81. The molecule has 0 aliphatic heterocycles. The predicted octanol–water partition coefficient (Wildman–Crippen LogP) is 3.67. The zero-order valence-corrected chi connectivity index (χ0v) is 14.6. The summed E-state index contributed by atoms with van der Waals surface area (Å²) in [5.74, 6) is 1.26. The average molecular weight is 393 g/mol. The summed E-state index contributed by atoms with van der Waals surface area (Å²) in [6, 6.07) is 3.07. The SMILES string of the molecule is Cc1cc(NC(=O)C2C3CCCC32)c(Br)cc1S(=O)(=O)Cl. The number of hydrogen-bond donors (Lipinski definition) is 1. The molecule has 4 nitrogen and oxygen atoms in total. The van der Waals surface area contributed by atoms with E-state index in [0.29, 0.717) is 27.6 Å². The van der Waals surface area contributed by atoms with Crippen molar-refractivity contribution in [2.45, 2.75) is 31.1 Å². The molecule has 2 aliphatic rings. The number of carbonyl (C=O) groups excluding carboxylic acids is 1. The molecule has 1 N–H and O–H groups in total. The van der Waals surface area contributed by atoms with Crippen molar-refractivity contribution in [2.24, 2.45) is 17.8 Å². The Hall–Kier alpha value is -0.590. The largest absolute Gasteiger partial charge is 0.325 e. The minimum atomic E-state index is -3.79. The summed E-state index contributed by atoms with van der Waals surface area (Å²) in [5.41, 5.74) is 1.10. The fourth-order valence-electron chi connectivity index (χ4n) is 3.45. The Morgan fingerprint density at radius 2 is 1.95 bits per heavy atom. The maximum atomic E-state index is 12.3. The summed E-state index contributed by atoms with van der Waals surface area (Å²) in [7, 11) is 1.59. The van der Waals surface area contributed by atoms with Gasteiger partial charge < -0.3 is 5.32 Å². The van der Waals surface area contributed by atoms with Crippen LogP contribution in [0.1, 0.15) is 24.8 Å². The molecule has 0 aromatic heterocycles. The molecular formula is C14H15BrClNO3S. The van der Waals surface area contributed by atoms with Crippen molar-refractivity contribution in [2.75, 3.05) is 5.32 Å². The van der Waals surface area contributed by atoms with Gasteiger partial charge in [0.1, 0.15) is 0 Å². The van der Waals surface area contributed by atoms with Gasteiger partial charge in [0.25, 0.3) is 9.05 Å². The second-order valence-corrected chi connectivity index (χ2v) is 9.20. The van der Waals surface area contributed by atoms with Crippen LogP contribution in [0.3, 0.4) is 0 Å². The van der Waals surface area contributed by atoms with Gasteiger partial charge >= 0.3 is 0 Å². The van der Waals surface area contributed by atoms with Crippen LogP contribution < -0.4 is 5.32 Å². The number of hydrogen-bond acceptors (Lipinski definition) is 3. The highest BCUT2D eigenvalue weighted by Gasteiger charge is 2.56. The molecule has 2 fully saturated rings. The third-order valence-electron chi connectivity index (χ3n) is 4.49. The van der Waals surface area contributed by atoms with E-state index in [-0.39, 0.29) is 16.7 Å². The summed E-state index contributed by atoms with van der Waals surface area (Å²) in [6.07, 6.45) is 3.52. The number of amides is 1. The number of anilines is 1. The molecule has 7 heteroatoms. The summed E-state index contributed by atoms with van der Waals surface area (Å²) < 4.78 is 23.4. The fraction of sp³-hybridized carbons (Fsp3) is 0.500. The number of fused-ring (bicyclic) bond motifs is 1. The first-order valence-corrected chi connectivity index (χ1v) is 9.95. The fourth-order valence-corrected chi connectivity index (χ4v) is 5.24. The highest BCUT2D eigenvalue weighted by Crippen LogP contribution is 2.57. The topological polar surface area (TPSA) is 63.2 Å². The first-order valence-electron chi connectivity index (χ1n) is 6.84. The van der Waals surface area contributed by atoms with E-state index < -0.39 is 9.05 Å². The Balaban J connectivity index is 1.80. The van der Waals surface area contributed by atoms with Crippen LogP contribution in [0, 0.1) is 24.7 Å². The van der Waals surface area contributed by atoms with Gasteiger partial charge in [-0.05, 0) is 65.2 Å². The summed E-state index contributed by atoms with van der Waals surface area (Å²) in [5, 5.41) is 2.90. The van der Waals surface area contributed by atoms with Crippen LogP contribution in [0.2, 0.25) is 0 Å². The van der Waals surface area contributed by atoms with Crippen molar-refractivity contribution in [1.29, 1.82) is 0 Å². The molecule has 0 spiro atoms. The zero-order valence-electron chi connectivity index (χ0n) is 11.4. The average Bonchev–Trinajstić information content (AvgIpc) is 2.86. The van der Waals surface area contributed by atoms with Gasteiger partial charge in [-0.25, -0.2) is 8.42 Å². The van der Waals surface area contributed by atoms with E-state index in [1.165, 1.54) is 12.5 Å². The van der Waals surface area contributed by atoms with E-state index in [2.05, 4.69) is 21.2 Å². The molecular weight excluding hydrogens is 378 g/mol. The molecule has 1 amide bonds. The molecule has 2 saturated carbocycles. The third-order valence-corrected chi connectivity index (χ3v) is 6.61. The lowest BCUT2D eigenvalue weighted by Crippen LogP contribution is -2.17. The molecule has 1 aromatic carbocycles. The van der Waals surface area contributed by atoms with Gasteiger partial charge in [0.15, 0.2) is 0 Å². The molecule has 0 saturated heterocycles. The monoisotopic (exact) mass is 391 g/mol. The van der Waals surface area contributed by atoms with Crippen molar-refractivity contribution < 1.29 is 13.2 Å². The summed E-state index contributed by atoms with van der Waals surface area (Å²) >= 11 is 3.30. The normalized spacial score (nSPS) is 27.3. The van der Waals surface area contributed by atoms with Gasteiger partial charge in [0.05, 0.1) is 10.6 Å². The molecule has 2 unspecified atom stereocenters. The number of halogens is 2. The standard InChI is InChI=1S/C14H15BrClNO3S/c1-7-5-11(10(15)6-12(7)21(16,19)20)17-14(18)13-8-3-2-4-9(8)13/h5-6,8-9,13H,2-4H2,1H3,(H,17,18). The minimum Gasteiger partial charge on any atom is -0.325 e. The molecule has 21 heavy (non-hydrogen) atoms. The van der Waals surface area contributed by atoms with Gasteiger partial charge in [-0.3, -0.25) is 4.79 Å². The van der Waals surface area contributed by atoms with Crippen molar-refractivity contribution >= 4 is 47.3 Å². The quantitative estimate of drug-likeness (QED) is 0.798. The molecule has 0 bridgehead atoms. The molecule has 2 aliphatic carbocycles. The van der Waals surface area contributed by atoms with Gasteiger partial charge in [-0.1, -0.05) is 6.42 Å². The number of carbonyl (C=O) groups is 1. The van der Waals surface area contributed by atoms with E-state index in [1.807, 2.05) is 0 Å². The van der Waals surface area contributed by atoms with E-state index in [0.717, 1.165) is 12.8 Å². The van der Waals surface area contributed by atoms with Crippen LogP contribution >= 0.6 is 26.6 Å². The lowest BCUT2D eigenvalue weighted by Gasteiger charge is -2.11. The lowest BCUT2D eigenvalue weighted by molar-refractivity contribution is -0.118. The highest BCUT2D eigenvalue weighted by molar-refractivity contribution is 9.10. The van der Waals surface area contributed by atoms with E-state index in [1.54, 1.807) is 13.0 Å². The predicted molar refractivity (Wildman–Crippen MR) is 84.9 cm³/mol. The van der Waals surface area contributed by atoms with Gasteiger partial charge in [-0.15, -0.1) is 0 Å². The molecule has 0 heterocycles. The van der Waals surface area contributed by atoms with Crippen LogP contribution in [-0.2, 0) is 13.8 Å². The Kier molecular flexibility index (Phi) is 3.83. The second kappa shape index (κ2) is 5.25. The van der Waals surface area contributed by atoms with Crippen LogP contribution in [-0.4, -0.2) is 14.3 Å². The van der Waals surface area contributed by atoms with E-state index in [4.69, 9.17) is 10.7 Å². The van der Waals surface area contributed by atoms with Crippen LogP contribution in [0.4, 0.5) is 5.69 Å².